The minimum Gasteiger partial charge on any atom is -0.212 e. The van der Waals surface area contributed by atoms with Gasteiger partial charge < -0.3 is 0 Å². The Morgan fingerprint density at radius 1 is 1.44 bits per heavy atom. The van der Waals surface area contributed by atoms with E-state index in [0.29, 0.717) is 11.5 Å². The second-order valence-corrected chi connectivity index (χ2v) is 7.48. The van der Waals surface area contributed by atoms with Crippen molar-refractivity contribution in [3.63, 3.8) is 0 Å². The predicted octanol–water partition coefficient (Wildman–Crippen LogP) is 4.03. The number of hydrogen-bond acceptors (Lipinski definition) is 2. The normalized spacial score (nSPS) is 13.8. The molecule has 0 aromatic heterocycles. The van der Waals surface area contributed by atoms with Crippen molar-refractivity contribution in [1.82, 2.24) is 0 Å². The highest BCUT2D eigenvalue weighted by Gasteiger charge is 2.11. The molecule has 0 aliphatic rings. The summed E-state index contributed by atoms with van der Waals surface area (Å²) in [5.41, 5.74) is 1.90. The molecular weight excluding hydrogens is 312 g/mol. The number of hydrogen-bond donors (Lipinski definition) is 0. The van der Waals surface area contributed by atoms with Gasteiger partial charge in [-0.05, 0) is 29.5 Å². The Morgan fingerprint density at radius 3 is 2.50 bits per heavy atom. The largest absolute Gasteiger partial charge is 0.236 e. The molecule has 0 spiro atoms. The summed E-state index contributed by atoms with van der Waals surface area (Å²) >= 11 is 3.46. The van der Waals surface area contributed by atoms with Gasteiger partial charge in [-0.2, -0.15) is 0 Å². The number of rotatable bonds is 4. The van der Waals surface area contributed by atoms with Crippen molar-refractivity contribution in [2.24, 2.45) is 0 Å². The zero-order valence-corrected chi connectivity index (χ0v) is 12.4. The fraction of sp³-hybridized carbons (Fsp3) is 0.455. The molecule has 16 heavy (non-hydrogen) atoms. The SMILES string of the molecule is CCC(C)c1ccc(CS(=O)(=O)Cl)cc1Br. The van der Waals surface area contributed by atoms with Crippen LogP contribution in [0.5, 0.6) is 0 Å². The van der Waals surface area contributed by atoms with Gasteiger partial charge >= 0.3 is 0 Å². The Kier molecular flexibility index (Phi) is 4.83. The molecule has 0 heterocycles. The van der Waals surface area contributed by atoms with E-state index in [1.807, 2.05) is 18.2 Å². The average molecular weight is 326 g/mol. The Bertz CT molecular complexity index is 471. The fourth-order valence-electron chi connectivity index (χ4n) is 1.48. The third-order valence-corrected chi connectivity index (χ3v) is 4.24. The van der Waals surface area contributed by atoms with E-state index in [9.17, 15) is 8.42 Å². The van der Waals surface area contributed by atoms with Crippen LogP contribution in [-0.2, 0) is 14.8 Å². The van der Waals surface area contributed by atoms with Crippen molar-refractivity contribution in [1.29, 1.82) is 0 Å². The molecular formula is C11H14BrClO2S. The van der Waals surface area contributed by atoms with Crippen molar-refractivity contribution < 1.29 is 8.42 Å². The van der Waals surface area contributed by atoms with Crippen LogP contribution in [0.2, 0.25) is 0 Å². The zero-order valence-electron chi connectivity index (χ0n) is 9.20. The number of benzene rings is 1. The van der Waals surface area contributed by atoms with Gasteiger partial charge in [-0.25, -0.2) is 8.42 Å². The molecule has 90 valence electrons. The second kappa shape index (κ2) is 5.52. The van der Waals surface area contributed by atoms with E-state index in [-0.39, 0.29) is 5.75 Å². The lowest BCUT2D eigenvalue weighted by Crippen LogP contribution is -1.98. The molecule has 5 heteroatoms. The topological polar surface area (TPSA) is 34.1 Å². The third-order valence-electron chi connectivity index (χ3n) is 2.55. The molecule has 1 aromatic rings. The van der Waals surface area contributed by atoms with Crippen LogP contribution >= 0.6 is 26.6 Å². The first-order valence-corrected chi connectivity index (χ1v) is 8.31. The highest BCUT2D eigenvalue weighted by molar-refractivity contribution is 9.10. The maximum Gasteiger partial charge on any atom is 0.236 e. The lowest BCUT2D eigenvalue weighted by Gasteiger charge is -2.12. The third kappa shape index (κ3) is 4.07. The molecule has 0 saturated heterocycles. The summed E-state index contributed by atoms with van der Waals surface area (Å²) < 4.78 is 22.8. The Morgan fingerprint density at radius 2 is 2.06 bits per heavy atom. The van der Waals surface area contributed by atoms with Crippen molar-refractivity contribution in [3.8, 4) is 0 Å². The summed E-state index contributed by atoms with van der Waals surface area (Å²) in [5, 5.41) is 0. The Hall–Kier alpha value is -0.0600. The van der Waals surface area contributed by atoms with Gasteiger partial charge in [0.1, 0.15) is 0 Å². The summed E-state index contributed by atoms with van der Waals surface area (Å²) in [6, 6.07) is 5.59. The van der Waals surface area contributed by atoms with Crippen molar-refractivity contribution in [3.05, 3.63) is 33.8 Å². The molecule has 0 aliphatic heterocycles. The van der Waals surface area contributed by atoms with E-state index in [0.717, 1.165) is 10.9 Å². The smallest absolute Gasteiger partial charge is 0.212 e. The molecule has 0 aliphatic carbocycles. The lowest BCUT2D eigenvalue weighted by molar-refractivity contribution is 0.609. The molecule has 2 nitrogen and oxygen atoms in total. The first-order valence-electron chi connectivity index (χ1n) is 5.04. The monoisotopic (exact) mass is 324 g/mol. The average Bonchev–Trinajstić information content (AvgIpc) is 2.14. The molecule has 0 saturated carbocycles. The maximum absolute atomic E-state index is 10.9. The summed E-state index contributed by atoms with van der Waals surface area (Å²) in [7, 11) is 1.73. The van der Waals surface area contributed by atoms with Gasteiger partial charge in [0.05, 0.1) is 5.75 Å². The van der Waals surface area contributed by atoms with Crippen LogP contribution in [0.3, 0.4) is 0 Å². The lowest BCUT2D eigenvalue weighted by atomic mass is 9.98. The van der Waals surface area contributed by atoms with Crippen LogP contribution in [0.4, 0.5) is 0 Å². The van der Waals surface area contributed by atoms with E-state index >= 15 is 0 Å². The quantitative estimate of drug-likeness (QED) is 0.783. The maximum atomic E-state index is 10.9. The van der Waals surface area contributed by atoms with Crippen molar-refractivity contribution in [2.75, 3.05) is 0 Å². The molecule has 1 aromatic carbocycles. The molecule has 1 unspecified atom stereocenters. The number of halogens is 2. The molecule has 0 N–H and O–H groups in total. The van der Waals surface area contributed by atoms with Crippen LogP contribution in [0.25, 0.3) is 0 Å². The van der Waals surface area contributed by atoms with E-state index in [4.69, 9.17) is 10.7 Å². The highest BCUT2D eigenvalue weighted by atomic mass is 79.9. The van der Waals surface area contributed by atoms with E-state index in [2.05, 4.69) is 29.8 Å². The highest BCUT2D eigenvalue weighted by Crippen LogP contribution is 2.28. The minimum atomic E-state index is -3.48. The van der Waals surface area contributed by atoms with Gasteiger partial charge in [0, 0.05) is 15.2 Å². The van der Waals surface area contributed by atoms with Crippen LogP contribution in [0.15, 0.2) is 22.7 Å². The molecule has 0 bridgehead atoms. The molecule has 0 amide bonds. The van der Waals surface area contributed by atoms with Gasteiger partial charge in [0.2, 0.25) is 9.05 Å². The first-order chi connectivity index (χ1) is 7.33. The Balaban J connectivity index is 3.00. The molecule has 0 radical (unpaired) electrons. The van der Waals surface area contributed by atoms with E-state index < -0.39 is 9.05 Å². The van der Waals surface area contributed by atoms with Gasteiger partial charge in [-0.15, -0.1) is 0 Å². The van der Waals surface area contributed by atoms with Gasteiger partial charge in [-0.1, -0.05) is 41.9 Å². The van der Waals surface area contributed by atoms with E-state index in [1.54, 1.807) is 0 Å². The summed E-state index contributed by atoms with van der Waals surface area (Å²) in [4.78, 5) is 0. The summed E-state index contributed by atoms with van der Waals surface area (Å²) in [6.07, 6.45) is 1.05. The standard InChI is InChI=1S/C11H14BrClO2S/c1-3-8(2)10-5-4-9(6-11(10)12)7-16(13,14)15/h4-6,8H,3,7H2,1-2H3. The second-order valence-electron chi connectivity index (χ2n) is 3.85. The summed E-state index contributed by atoms with van der Waals surface area (Å²) in [6.45, 7) is 4.26. The van der Waals surface area contributed by atoms with Crippen molar-refractivity contribution >= 4 is 35.7 Å². The van der Waals surface area contributed by atoms with Crippen LogP contribution in [-0.4, -0.2) is 8.42 Å². The van der Waals surface area contributed by atoms with Crippen LogP contribution in [0.1, 0.15) is 37.3 Å². The molecule has 1 atom stereocenters. The predicted molar refractivity (Wildman–Crippen MR) is 71.3 cm³/mol. The fourth-order valence-corrected chi connectivity index (χ4v) is 3.25. The summed E-state index contributed by atoms with van der Waals surface area (Å²) in [5.74, 6) is 0.324. The van der Waals surface area contributed by atoms with E-state index in [1.165, 1.54) is 5.56 Å². The van der Waals surface area contributed by atoms with Crippen molar-refractivity contribution in [2.45, 2.75) is 31.9 Å². The van der Waals surface area contributed by atoms with Gasteiger partial charge in [0.25, 0.3) is 0 Å². The Labute approximate surface area is 110 Å². The molecule has 0 fully saturated rings. The van der Waals surface area contributed by atoms with Gasteiger partial charge in [0.15, 0.2) is 0 Å². The molecule has 1 rings (SSSR count). The first kappa shape index (κ1) is 14.0. The van der Waals surface area contributed by atoms with Gasteiger partial charge in [-0.3, -0.25) is 0 Å². The zero-order chi connectivity index (χ0) is 12.3. The van der Waals surface area contributed by atoms with Crippen LogP contribution in [0, 0.1) is 0 Å². The minimum absolute atomic E-state index is 0.131. The van der Waals surface area contributed by atoms with Crippen LogP contribution < -0.4 is 0 Å².